The van der Waals surface area contributed by atoms with Gasteiger partial charge in [0.25, 0.3) is 0 Å². The highest BCUT2D eigenvalue weighted by Gasteiger charge is 2.14. The Hall–Kier alpha value is -0.750. The molecule has 0 radical (unpaired) electrons. The molecule has 0 spiro atoms. The Morgan fingerprint density at radius 2 is 2.06 bits per heavy atom. The molecule has 3 nitrogen and oxygen atoms in total. The molecule has 0 aliphatic heterocycles. The largest absolute Gasteiger partial charge is 0.294 e. The van der Waals surface area contributed by atoms with Crippen molar-refractivity contribution in [3.63, 3.8) is 0 Å². The van der Waals surface area contributed by atoms with E-state index in [4.69, 9.17) is 0 Å². The second-order valence-corrected chi connectivity index (χ2v) is 7.28. The number of hydrogen-bond donors (Lipinski definition) is 0. The van der Waals surface area contributed by atoms with Gasteiger partial charge in [-0.1, -0.05) is 22.9 Å². The lowest BCUT2D eigenvalue weighted by Crippen LogP contribution is -2.11. The van der Waals surface area contributed by atoms with E-state index in [2.05, 4.69) is 15.9 Å². The highest BCUT2D eigenvalue weighted by atomic mass is 79.9. The smallest absolute Gasteiger partial charge is 0.165 e. The Bertz CT molecular complexity index is 540. The zero-order valence-electron chi connectivity index (χ0n) is 9.95. The zero-order valence-corrected chi connectivity index (χ0v) is 12.4. The zero-order chi connectivity index (χ0) is 13.8. The fourth-order valence-electron chi connectivity index (χ4n) is 1.44. The fraction of sp³-hybridized carbons (Fsp3) is 0.417. The van der Waals surface area contributed by atoms with Crippen molar-refractivity contribution in [1.29, 1.82) is 0 Å². The molecule has 0 bridgehead atoms. The normalized spacial score (nSPS) is 11.5. The van der Waals surface area contributed by atoms with Crippen LogP contribution in [0, 0.1) is 5.82 Å². The summed E-state index contributed by atoms with van der Waals surface area (Å²) in [6.07, 6.45) is 0.258. The van der Waals surface area contributed by atoms with Crippen LogP contribution in [0.5, 0.6) is 0 Å². The minimum atomic E-state index is -3.07. The summed E-state index contributed by atoms with van der Waals surface area (Å²) in [6.45, 7) is 1.56. The van der Waals surface area contributed by atoms with Crippen molar-refractivity contribution in [2.45, 2.75) is 19.8 Å². The SMILES string of the molecule is CCS(=O)(=O)CCCC(=O)c1cc(Br)ccc1F. The summed E-state index contributed by atoms with van der Waals surface area (Å²) in [5.41, 5.74) is -0.00160. The number of hydrogen-bond acceptors (Lipinski definition) is 3. The molecule has 0 amide bonds. The molecule has 0 aliphatic rings. The third kappa shape index (κ3) is 4.49. The van der Waals surface area contributed by atoms with Crippen LogP contribution in [0.4, 0.5) is 4.39 Å². The standard InChI is InChI=1S/C12H14BrFO3S/c1-2-18(16,17)7-3-4-12(15)10-8-9(13)5-6-11(10)14/h5-6,8H,2-4,7H2,1H3. The summed E-state index contributed by atoms with van der Waals surface area (Å²) in [7, 11) is -3.07. The van der Waals surface area contributed by atoms with Crippen LogP contribution >= 0.6 is 15.9 Å². The lowest BCUT2D eigenvalue weighted by atomic mass is 10.1. The van der Waals surface area contributed by atoms with Gasteiger partial charge >= 0.3 is 0 Å². The Morgan fingerprint density at radius 3 is 2.67 bits per heavy atom. The number of rotatable bonds is 6. The van der Waals surface area contributed by atoms with Crippen LogP contribution in [0.25, 0.3) is 0 Å². The highest BCUT2D eigenvalue weighted by Crippen LogP contribution is 2.17. The van der Waals surface area contributed by atoms with Gasteiger partial charge in [-0.2, -0.15) is 0 Å². The van der Waals surface area contributed by atoms with E-state index in [1.807, 2.05) is 0 Å². The van der Waals surface area contributed by atoms with Gasteiger partial charge in [-0.15, -0.1) is 0 Å². The van der Waals surface area contributed by atoms with E-state index in [1.165, 1.54) is 18.2 Å². The van der Waals surface area contributed by atoms with E-state index in [1.54, 1.807) is 6.92 Å². The first kappa shape index (κ1) is 15.3. The van der Waals surface area contributed by atoms with Gasteiger partial charge in [-0.3, -0.25) is 4.79 Å². The van der Waals surface area contributed by atoms with Crippen molar-refractivity contribution < 1.29 is 17.6 Å². The van der Waals surface area contributed by atoms with Crippen molar-refractivity contribution in [1.82, 2.24) is 0 Å². The molecule has 1 rings (SSSR count). The van der Waals surface area contributed by atoms with Crippen molar-refractivity contribution in [3.05, 3.63) is 34.1 Å². The number of carbonyl (C=O) groups is 1. The van der Waals surface area contributed by atoms with Crippen molar-refractivity contribution in [3.8, 4) is 0 Å². The highest BCUT2D eigenvalue weighted by molar-refractivity contribution is 9.10. The fourth-order valence-corrected chi connectivity index (χ4v) is 2.68. The number of halogens is 2. The van der Waals surface area contributed by atoms with Crippen LogP contribution in [0.3, 0.4) is 0 Å². The molecule has 18 heavy (non-hydrogen) atoms. The van der Waals surface area contributed by atoms with E-state index in [0.29, 0.717) is 4.47 Å². The summed E-state index contributed by atoms with van der Waals surface area (Å²) in [6, 6.07) is 4.12. The average Bonchev–Trinajstić information content (AvgIpc) is 2.32. The molecular weight excluding hydrogens is 323 g/mol. The maximum atomic E-state index is 13.4. The van der Waals surface area contributed by atoms with Gasteiger partial charge in [0.1, 0.15) is 15.7 Å². The molecular formula is C12H14BrFO3S. The molecule has 0 aromatic heterocycles. The van der Waals surface area contributed by atoms with Crippen LogP contribution < -0.4 is 0 Å². The van der Waals surface area contributed by atoms with Gasteiger partial charge < -0.3 is 0 Å². The Balaban J connectivity index is 2.64. The molecule has 0 unspecified atom stereocenters. The molecule has 0 heterocycles. The van der Waals surface area contributed by atoms with E-state index < -0.39 is 15.7 Å². The first-order valence-corrected chi connectivity index (χ1v) is 8.16. The van der Waals surface area contributed by atoms with Crippen molar-refractivity contribution in [2.75, 3.05) is 11.5 Å². The molecule has 100 valence electrons. The van der Waals surface area contributed by atoms with Crippen LogP contribution in [-0.2, 0) is 9.84 Å². The summed E-state index contributed by atoms with van der Waals surface area (Å²) in [5.74, 6) is -0.932. The first-order valence-electron chi connectivity index (χ1n) is 5.54. The number of carbonyl (C=O) groups excluding carboxylic acids is 1. The first-order chi connectivity index (χ1) is 8.35. The predicted octanol–water partition coefficient (Wildman–Crippen LogP) is 2.99. The van der Waals surface area contributed by atoms with Gasteiger partial charge in [-0.05, 0) is 24.6 Å². The average molecular weight is 337 g/mol. The van der Waals surface area contributed by atoms with Crippen LogP contribution in [0.2, 0.25) is 0 Å². The van der Waals surface area contributed by atoms with E-state index in [0.717, 1.165) is 0 Å². The molecule has 0 atom stereocenters. The summed E-state index contributed by atoms with van der Waals surface area (Å²) >= 11 is 3.16. The number of benzene rings is 1. The molecule has 6 heteroatoms. The molecule has 1 aromatic carbocycles. The molecule has 1 aromatic rings. The number of Topliss-reactive ketones (excluding diaryl/α,β-unsaturated/α-hetero) is 1. The second kappa shape index (κ2) is 6.43. The number of ketones is 1. The number of sulfone groups is 1. The van der Waals surface area contributed by atoms with E-state index in [-0.39, 0.29) is 35.7 Å². The van der Waals surface area contributed by atoms with Gasteiger partial charge in [0.15, 0.2) is 5.78 Å². The molecule has 0 aliphatic carbocycles. The van der Waals surface area contributed by atoms with Gasteiger partial charge in [-0.25, -0.2) is 12.8 Å². The van der Waals surface area contributed by atoms with E-state index >= 15 is 0 Å². The van der Waals surface area contributed by atoms with Crippen molar-refractivity contribution >= 4 is 31.6 Å². The minimum Gasteiger partial charge on any atom is -0.294 e. The molecule has 0 saturated heterocycles. The van der Waals surface area contributed by atoms with Gasteiger partial charge in [0, 0.05) is 16.6 Å². The quantitative estimate of drug-likeness (QED) is 0.750. The summed E-state index contributed by atoms with van der Waals surface area (Å²) in [4.78, 5) is 11.7. The Labute approximate surface area is 114 Å². The topological polar surface area (TPSA) is 51.2 Å². The third-order valence-electron chi connectivity index (χ3n) is 2.53. The summed E-state index contributed by atoms with van der Waals surface area (Å²) in [5, 5.41) is 0. The summed E-state index contributed by atoms with van der Waals surface area (Å²) < 4.78 is 36.5. The Kier molecular flexibility index (Phi) is 5.47. The maximum Gasteiger partial charge on any atom is 0.165 e. The Morgan fingerprint density at radius 1 is 1.39 bits per heavy atom. The van der Waals surface area contributed by atoms with Gasteiger partial charge in [0.05, 0.1) is 11.3 Å². The lowest BCUT2D eigenvalue weighted by Gasteiger charge is -2.04. The minimum absolute atomic E-state index is 0.00160. The molecule has 0 fully saturated rings. The molecule has 0 N–H and O–H groups in total. The third-order valence-corrected chi connectivity index (χ3v) is 4.81. The molecule has 0 saturated carbocycles. The maximum absolute atomic E-state index is 13.4. The second-order valence-electron chi connectivity index (χ2n) is 3.89. The van der Waals surface area contributed by atoms with Crippen LogP contribution in [0.1, 0.15) is 30.1 Å². The predicted molar refractivity (Wildman–Crippen MR) is 72.0 cm³/mol. The van der Waals surface area contributed by atoms with E-state index in [9.17, 15) is 17.6 Å². The van der Waals surface area contributed by atoms with Gasteiger partial charge in [0.2, 0.25) is 0 Å². The lowest BCUT2D eigenvalue weighted by molar-refractivity contribution is 0.0978. The van der Waals surface area contributed by atoms with Crippen LogP contribution in [-0.4, -0.2) is 25.7 Å². The monoisotopic (exact) mass is 336 g/mol. The van der Waals surface area contributed by atoms with Crippen LogP contribution in [0.15, 0.2) is 22.7 Å². The van der Waals surface area contributed by atoms with Crippen molar-refractivity contribution in [2.24, 2.45) is 0 Å².